The Balaban J connectivity index is 2.17. The van der Waals surface area contributed by atoms with Crippen LogP contribution >= 0.6 is 11.8 Å². The first-order chi connectivity index (χ1) is 8.70. The van der Waals surface area contributed by atoms with Crippen molar-refractivity contribution in [1.29, 1.82) is 5.26 Å². The van der Waals surface area contributed by atoms with Gasteiger partial charge >= 0.3 is 0 Å². The molecule has 0 aliphatic heterocycles. The second-order valence-electron chi connectivity index (χ2n) is 4.59. The molecule has 0 fully saturated rings. The van der Waals surface area contributed by atoms with Gasteiger partial charge in [-0.05, 0) is 50.6 Å². The zero-order chi connectivity index (χ0) is 13.3. The van der Waals surface area contributed by atoms with Crippen molar-refractivity contribution in [3.63, 3.8) is 0 Å². The van der Waals surface area contributed by atoms with E-state index in [1.54, 1.807) is 0 Å². The summed E-state index contributed by atoms with van der Waals surface area (Å²) in [7, 11) is 0. The van der Waals surface area contributed by atoms with Gasteiger partial charge in [0.2, 0.25) is 0 Å². The zero-order valence-electron chi connectivity index (χ0n) is 11.3. The van der Waals surface area contributed by atoms with Gasteiger partial charge in [0, 0.05) is 4.90 Å². The Kier molecular flexibility index (Phi) is 6.85. The first-order valence-corrected chi connectivity index (χ1v) is 7.53. The van der Waals surface area contributed by atoms with Crippen LogP contribution in [0.25, 0.3) is 0 Å². The second kappa shape index (κ2) is 8.18. The van der Waals surface area contributed by atoms with Crippen LogP contribution in [-0.2, 0) is 0 Å². The first kappa shape index (κ1) is 15.1. The minimum Gasteiger partial charge on any atom is -0.300 e. The van der Waals surface area contributed by atoms with Gasteiger partial charge in [-0.15, -0.1) is 11.8 Å². The van der Waals surface area contributed by atoms with Crippen LogP contribution in [0, 0.1) is 11.3 Å². The number of thioether (sulfide) groups is 1. The largest absolute Gasteiger partial charge is 0.300 e. The Morgan fingerprint density at radius 3 is 2.61 bits per heavy atom. The zero-order valence-corrected chi connectivity index (χ0v) is 12.1. The summed E-state index contributed by atoms with van der Waals surface area (Å²) in [6.45, 7) is 4.88. The van der Waals surface area contributed by atoms with Gasteiger partial charge in [0.1, 0.15) is 5.54 Å². The summed E-state index contributed by atoms with van der Waals surface area (Å²) in [5, 5.41) is 12.4. The summed E-state index contributed by atoms with van der Waals surface area (Å²) in [6, 6.07) is 12.8. The highest BCUT2D eigenvalue weighted by Gasteiger charge is 2.20. The van der Waals surface area contributed by atoms with Crippen LogP contribution in [0.3, 0.4) is 0 Å². The standard InChI is InChI=1S/C15H22N2S/c1-3-17-15(2,13-16)11-7-8-12-18-14-9-5-4-6-10-14/h4-6,9-10,17H,3,7-8,11-12H2,1-2H3. The number of benzene rings is 1. The summed E-state index contributed by atoms with van der Waals surface area (Å²) >= 11 is 1.89. The monoisotopic (exact) mass is 262 g/mol. The van der Waals surface area contributed by atoms with E-state index in [9.17, 15) is 0 Å². The second-order valence-corrected chi connectivity index (χ2v) is 5.76. The van der Waals surface area contributed by atoms with Gasteiger partial charge in [-0.3, -0.25) is 5.32 Å². The Hall–Kier alpha value is -0.980. The van der Waals surface area contributed by atoms with Crippen molar-refractivity contribution in [3.8, 4) is 6.07 Å². The number of nitrogens with one attached hydrogen (secondary N) is 1. The van der Waals surface area contributed by atoms with E-state index in [1.807, 2.05) is 31.7 Å². The van der Waals surface area contributed by atoms with Crippen molar-refractivity contribution in [2.75, 3.05) is 12.3 Å². The summed E-state index contributed by atoms with van der Waals surface area (Å²) < 4.78 is 0. The maximum absolute atomic E-state index is 9.13. The molecule has 1 rings (SSSR count). The van der Waals surface area contributed by atoms with Crippen LogP contribution in [0.4, 0.5) is 0 Å². The van der Waals surface area contributed by atoms with E-state index < -0.39 is 0 Å². The number of nitrogens with zero attached hydrogens (tertiary/aromatic N) is 1. The lowest BCUT2D eigenvalue weighted by Gasteiger charge is -2.22. The highest BCUT2D eigenvalue weighted by Crippen LogP contribution is 2.20. The fraction of sp³-hybridized carbons (Fsp3) is 0.533. The van der Waals surface area contributed by atoms with Crippen molar-refractivity contribution < 1.29 is 0 Å². The lowest BCUT2D eigenvalue weighted by molar-refractivity contribution is 0.415. The molecule has 98 valence electrons. The van der Waals surface area contributed by atoms with Crippen molar-refractivity contribution in [2.45, 2.75) is 43.5 Å². The number of rotatable bonds is 8. The van der Waals surface area contributed by atoms with Crippen LogP contribution in [0.1, 0.15) is 33.1 Å². The van der Waals surface area contributed by atoms with Gasteiger partial charge in [0.25, 0.3) is 0 Å². The molecule has 0 aliphatic carbocycles. The molecule has 1 unspecified atom stereocenters. The quantitative estimate of drug-likeness (QED) is 0.571. The van der Waals surface area contributed by atoms with Crippen LogP contribution in [0.2, 0.25) is 0 Å². The number of unbranched alkanes of at least 4 members (excludes halogenated alkanes) is 1. The highest BCUT2D eigenvalue weighted by molar-refractivity contribution is 7.99. The normalized spacial score (nSPS) is 13.8. The Bertz CT molecular complexity index is 372. The summed E-state index contributed by atoms with van der Waals surface area (Å²) in [5.74, 6) is 1.12. The van der Waals surface area contributed by atoms with Gasteiger partial charge < -0.3 is 0 Å². The maximum atomic E-state index is 9.13. The summed E-state index contributed by atoms with van der Waals surface area (Å²) in [4.78, 5) is 1.33. The van der Waals surface area contributed by atoms with E-state index in [-0.39, 0.29) is 5.54 Å². The molecule has 1 N–H and O–H groups in total. The first-order valence-electron chi connectivity index (χ1n) is 6.54. The average Bonchev–Trinajstić information content (AvgIpc) is 2.40. The lowest BCUT2D eigenvalue weighted by atomic mass is 9.97. The van der Waals surface area contributed by atoms with E-state index in [4.69, 9.17) is 5.26 Å². The van der Waals surface area contributed by atoms with Gasteiger partial charge in [0.05, 0.1) is 6.07 Å². The Morgan fingerprint density at radius 2 is 2.00 bits per heavy atom. The SMILES string of the molecule is CCNC(C)(C#N)CCCCSc1ccccc1. The van der Waals surface area contributed by atoms with Crippen LogP contribution in [-0.4, -0.2) is 17.8 Å². The van der Waals surface area contributed by atoms with Crippen molar-refractivity contribution in [1.82, 2.24) is 5.32 Å². The number of hydrogen-bond acceptors (Lipinski definition) is 3. The third-order valence-corrected chi connectivity index (χ3v) is 4.00. The lowest BCUT2D eigenvalue weighted by Crippen LogP contribution is -2.40. The summed E-state index contributed by atoms with van der Waals surface area (Å²) in [5.41, 5.74) is -0.355. The average molecular weight is 262 g/mol. The van der Waals surface area contributed by atoms with Gasteiger partial charge in [-0.2, -0.15) is 5.26 Å². The Labute approximate surface area is 115 Å². The molecule has 1 aromatic carbocycles. The molecular weight excluding hydrogens is 240 g/mol. The number of hydrogen-bond donors (Lipinski definition) is 1. The molecule has 0 radical (unpaired) electrons. The van der Waals surface area contributed by atoms with Crippen LogP contribution in [0.15, 0.2) is 35.2 Å². The molecule has 0 heterocycles. The molecular formula is C15H22N2S. The van der Waals surface area contributed by atoms with E-state index in [1.165, 1.54) is 4.90 Å². The van der Waals surface area contributed by atoms with Crippen molar-refractivity contribution >= 4 is 11.8 Å². The molecule has 0 saturated carbocycles. The minimum absolute atomic E-state index is 0.355. The molecule has 0 aromatic heterocycles. The third-order valence-electron chi connectivity index (χ3n) is 2.90. The molecule has 0 bridgehead atoms. The van der Waals surface area contributed by atoms with Crippen LogP contribution in [0.5, 0.6) is 0 Å². The van der Waals surface area contributed by atoms with Gasteiger partial charge in [-0.25, -0.2) is 0 Å². The van der Waals surface area contributed by atoms with E-state index in [0.717, 1.165) is 31.6 Å². The molecule has 2 nitrogen and oxygen atoms in total. The maximum Gasteiger partial charge on any atom is 0.103 e. The topological polar surface area (TPSA) is 35.8 Å². The predicted molar refractivity (Wildman–Crippen MR) is 78.7 cm³/mol. The van der Waals surface area contributed by atoms with E-state index in [0.29, 0.717) is 0 Å². The van der Waals surface area contributed by atoms with Crippen LogP contribution < -0.4 is 5.32 Å². The fourth-order valence-corrected chi connectivity index (χ4v) is 2.80. The highest BCUT2D eigenvalue weighted by atomic mass is 32.2. The molecule has 0 aliphatic rings. The summed E-state index contributed by atoms with van der Waals surface area (Å²) in [6.07, 6.45) is 3.17. The Morgan fingerprint density at radius 1 is 1.28 bits per heavy atom. The molecule has 1 aromatic rings. The van der Waals surface area contributed by atoms with Crippen molar-refractivity contribution in [2.24, 2.45) is 0 Å². The molecule has 18 heavy (non-hydrogen) atoms. The number of nitriles is 1. The molecule has 0 spiro atoms. The minimum atomic E-state index is -0.355. The molecule has 0 saturated heterocycles. The predicted octanol–water partition coefficient (Wildman–Crippen LogP) is 3.84. The van der Waals surface area contributed by atoms with Crippen molar-refractivity contribution in [3.05, 3.63) is 30.3 Å². The van der Waals surface area contributed by atoms with E-state index >= 15 is 0 Å². The van der Waals surface area contributed by atoms with Gasteiger partial charge in [-0.1, -0.05) is 25.1 Å². The van der Waals surface area contributed by atoms with Gasteiger partial charge in [0.15, 0.2) is 0 Å². The smallest absolute Gasteiger partial charge is 0.103 e. The fourth-order valence-electron chi connectivity index (χ4n) is 1.86. The molecule has 1 atom stereocenters. The molecule has 0 amide bonds. The molecule has 3 heteroatoms. The van der Waals surface area contributed by atoms with E-state index in [2.05, 4.69) is 35.7 Å². The third kappa shape index (κ3) is 5.57.